The molecule has 1 amide bonds. The molecule has 0 aliphatic carbocycles. The largest absolute Gasteiger partial charge is 0.342 e. The van der Waals surface area contributed by atoms with Gasteiger partial charge in [0, 0.05) is 19.5 Å². The van der Waals surface area contributed by atoms with E-state index in [1.54, 1.807) is 17.0 Å². The molecule has 0 N–H and O–H groups in total. The summed E-state index contributed by atoms with van der Waals surface area (Å²) in [7, 11) is -3.47. The van der Waals surface area contributed by atoms with E-state index in [1.807, 2.05) is 6.07 Å². The highest BCUT2D eigenvalue weighted by molar-refractivity contribution is 7.91. The number of carbonyl (C=O) groups excluding carboxylic acids is 1. The zero-order valence-electron chi connectivity index (χ0n) is 11.8. The van der Waals surface area contributed by atoms with Gasteiger partial charge in [-0.2, -0.15) is 5.26 Å². The molecule has 1 aliphatic rings. The van der Waals surface area contributed by atoms with Crippen molar-refractivity contribution in [1.82, 2.24) is 4.90 Å². The summed E-state index contributed by atoms with van der Waals surface area (Å²) in [5, 5.41) is 8.83. The van der Waals surface area contributed by atoms with Crippen LogP contribution >= 0.6 is 0 Å². The number of amides is 1. The van der Waals surface area contributed by atoms with Gasteiger partial charge < -0.3 is 4.90 Å². The van der Waals surface area contributed by atoms with Gasteiger partial charge in [-0.05, 0) is 31.0 Å². The fourth-order valence-corrected chi connectivity index (χ4v) is 3.67. The maximum atomic E-state index is 12.3. The molecule has 1 saturated heterocycles. The Labute approximate surface area is 125 Å². The third-order valence-electron chi connectivity index (χ3n) is 3.62. The summed E-state index contributed by atoms with van der Waals surface area (Å²) in [5.74, 6) is -0.0679. The SMILES string of the molecule is N#Cc1cccc(S(=O)(=O)CCN2CCCCCC2=O)c1. The van der Waals surface area contributed by atoms with Crippen LogP contribution in [0.1, 0.15) is 31.2 Å². The summed E-state index contributed by atoms with van der Waals surface area (Å²) in [5.41, 5.74) is 0.321. The molecule has 1 fully saturated rings. The van der Waals surface area contributed by atoms with Gasteiger partial charge in [0.15, 0.2) is 9.84 Å². The molecule has 1 aromatic rings. The zero-order valence-corrected chi connectivity index (χ0v) is 12.6. The number of rotatable bonds is 4. The van der Waals surface area contributed by atoms with E-state index < -0.39 is 9.84 Å². The van der Waals surface area contributed by atoms with Crippen molar-refractivity contribution >= 4 is 15.7 Å². The summed E-state index contributed by atoms with van der Waals surface area (Å²) >= 11 is 0. The molecule has 6 heteroatoms. The highest BCUT2D eigenvalue weighted by Gasteiger charge is 2.21. The third-order valence-corrected chi connectivity index (χ3v) is 5.32. The Kier molecular flexibility index (Phi) is 4.97. The topological polar surface area (TPSA) is 78.2 Å². The maximum absolute atomic E-state index is 12.3. The van der Waals surface area contributed by atoms with Crippen molar-refractivity contribution in [2.24, 2.45) is 0 Å². The van der Waals surface area contributed by atoms with E-state index in [9.17, 15) is 13.2 Å². The molecule has 0 saturated carbocycles. The van der Waals surface area contributed by atoms with E-state index in [1.165, 1.54) is 12.1 Å². The molecule has 21 heavy (non-hydrogen) atoms. The standard InChI is InChI=1S/C15H18N2O3S/c16-12-13-5-4-6-14(11-13)21(19,20)10-9-17-8-3-1-2-7-15(17)18/h4-6,11H,1-3,7-10H2. The van der Waals surface area contributed by atoms with Gasteiger partial charge in [0.05, 0.1) is 22.3 Å². The van der Waals surface area contributed by atoms with Crippen LogP contribution in [0.4, 0.5) is 0 Å². The predicted molar refractivity (Wildman–Crippen MR) is 78.3 cm³/mol. The Morgan fingerprint density at radius 1 is 1.24 bits per heavy atom. The molecule has 0 radical (unpaired) electrons. The second kappa shape index (κ2) is 6.72. The highest BCUT2D eigenvalue weighted by Crippen LogP contribution is 2.15. The fourth-order valence-electron chi connectivity index (χ4n) is 2.38. The summed E-state index contributed by atoms with van der Waals surface area (Å²) in [6.07, 6.45) is 3.32. The molecule has 1 aromatic carbocycles. The molecule has 0 unspecified atom stereocenters. The first kappa shape index (κ1) is 15.5. The molecule has 0 aromatic heterocycles. The maximum Gasteiger partial charge on any atom is 0.222 e. The Morgan fingerprint density at radius 3 is 2.81 bits per heavy atom. The van der Waals surface area contributed by atoms with Crippen molar-refractivity contribution in [3.63, 3.8) is 0 Å². The van der Waals surface area contributed by atoms with E-state index in [4.69, 9.17) is 5.26 Å². The van der Waals surface area contributed by atoms with Crippen molar-refractivity contribution in [2.45, 2.75) is 30.6 Å². The summed E-state index contributed by atoms with van der Waals surface area (Å²) in [4.78, 5) is 13.6. The lowest BCUT2D eigenvalue weighted by atomic mass is 10.2. The lowest BCUT2D eigenvalue weighted by Gasteiger charge is -2.20. The minimum Gasteiger partial charge on any atom is -0.342 e. The van der Waals surface area contributed by atoms with Gasteiger partial charge >= 0.3 is 0 Å². The number of nitrogens with zero attached hydrogens (tertiary/aromatic N) is 2. The van der Waals surface area contributed by atoms with Gasteiger partial charge in [-0.25, -0.2) is 8.42 Å². The van der Waals surface area contributed by atoms with Gasteiger partial charge in [0.25, 0.3) is 0 Å². The first-order chi connectivity index (χ1) is 10.0. The summed E-state index contributed by atoms with van der Waals surface area (Å²) < 4.78 is 24.6. The Morgan fingerprint density at radius 2 is 2.05 bits per heavy atom. The van der Waals surface area contributed by atoms with Crippen LogP contribution < -0.4 is 0 Å². The van der Waals surface area contributed by atoms with Gasteiger partial charge in [0.2, 0.25) is 5.91 Å². The molecule has 0 bridgehead atoms. The Hall–Kier alpha value is -1.87. The second-order valence-electron chi connectivity index (χ2n) is 5.15. The molecular weight excluding hydrogens is 288 g/mol. The molecule has 0 atom stereocenters. The van der Waals surface area contributed by atoms with Crippen molar-refractivity contribution in [3.8, 4) is 6.07 Å². The van der Waals surface area contributed by atoms with E-state index >= 15 is 0 Å². The molecule has 1 heterocycles. The molecule has 2 rings (SSSR count). The number of hydrogen-bond donors (Lipinski definition) is 0. The average molecular weight is 306 g/mol. The lowest BCUT2D eigenvalue weighted by molar-refractivity contribution is -0.130. The highest BCUT2D eigenvalue weighted by atomic mass is 32.2. The van der Waals surface area contributed by atoms with E-state index in [-0.39, 0.29) is 23.1 Å². The van der Waals surface area contributed by atoms with Crippen LogP contribution in [-0.2, 0) is 14.6 Å². The second-order valence-corrected chi connectivity index (χ2v) is 7.26. The van der Waals surface area contributed by atoms with Crippen LogP contribution in [0.2, 0.25) is 0 Å². The first-order valence-corrected chi connectivity index (χ1v) is 8.69. The number of carbonyl (C=O) groups is 1. The summed E-state index contributed by atoms with van der Waals surface area (Å²) in [6.45, 7) is 0.852. The monoisotopic (exact) mass is 306 g/mol. The third kappa shape index (κ3) is 4.05. The zero-order chi connectivity index (χ0) is 15.3. The lowest BCUT2D eigenvalue weighted by Crippen LogP contribution is -2.34. The van der Waals surface area contributed by atoms with Crippen molar-refractivity contribution in [2.75, 3.05) is 18.8 Å². The van der Waals surface area contributed by atoms with E-state index in [2.05, 4.69) is 0 Å². The van der Waals surface area contributed by atoms with Crippen LogP contribution in [0, 0.1) is 11.3 Å². The minimum absolute atomic E-state index is 0.0356. The van der Waals surface area contributed by atoms with Crippen LogP contribution in [0.25, 0.3) is 0 Å². The molecule has 112 valence electrons. The molecule has 0 spiro atoms. The van der Waals surface area contributed by atoms with Crippen molar-refractivity contribution in [3.05, 3.63) is 29.8 Å². The summed E-state index contributed by atoms with van der Waals surface area (Å²) in [6, 6.07) is 7.92. The number of hydrogen-bond acceptors (Lipinski definition) is 4. The minimum atomic E-state index is -3.47. The van der Waals surface area contributed by atoms with Crippen LogP contribution in [-0.4, -0.2) is 38.1 Å². The number of benzene rings is 1. The van der Waals surface area contributed by atoms with E-state index in [0.29, 0.717) is 18.5 Å². The van der Waals surface area contributed by atoms with Gasteiger partial charge in [-0.15, -0.1) is 0 Å². The first-order valence-electron chi connectivity index (χ1n) is 7.03. The van der Waals surface area contributed by atoms with Crippen LogP contribution in [0.15, 0.2) is 29.2 Å². The van der Waals surface area contributed by atoms with Crippen LogP contribution in [0.5, 0.6) is 0 Å². The number of sulfone groups is 1. The van der Waals surface area contributed by atoms with Crippen molar-refractivity contribution < 1.29 is 13.2 Å². The van der Waals surface area contributed by atoms with Crippen LogP contribution in [0.3, 0.4) is 0 Å². The normalized spacial score (nSPS) is 16.3. The molecular formula is C15H18N2O3S. The molecule has 5 nitrogen and oxygen atoms in total. The Balaban J connectivity index is 2.07. The Bertz CT molecular complexity index is 662. The fraction of sp³-hybridized carbons (Fsp3) is 0.467. The van der Waals surface area contributed by atoms with Gasteiger partial charge in [-0.3, -0.25) is 4.79 Å². The van der Waals surface area contributed by atoms with E-state index in [0.717, 1.165) is 19.3 Å². The molecule has 1 aliphatic heterocycles. The van der Waals surface area contributed by atoms with Gasteiger partial charge in [-0.1, -0.05) is 12.5 Å². The average Bonchev–Trinajstić information content (AvgIpc) is 2.70. The smallest absolute Gasteiger partial charge is 0.222 e. The van der Waals surface area contributed by atoms with Gasteiger partial charge in [0.1, 0.15) is 0 Å². The number of nitriles is 1. The quantitative estimate of drug-likeness (QED) is 0.848. The number of likely N-dealkylation sites (tertiary alicyclic amines) is 1. The predicted octanol–water partition coefficient (Wildman–Crippen LogP) is 1.73. The van der Waals surface area contributed by atoms with Crippen molar-refractivity contribution in [1.29, 1.82) is 5.26 Å².